The second kappa shape index (κ2) is 10.3. The molecule has 1 aliphatic heterocycles. The first-order valence-electron chi connectivity index (χ1n) is 10.1. The van der Waals surface area contributed by atoms with Gasteiger partial charge in [-0.05, 0) is 43.5 Å². The van der Waals surface area contributed by atoms with Crippen LogP contribution >= 0.6 is 23.2 Å². The van der Waals surface area contributed by atoms with Gasteiger partial charge in [-0.25, -0.2) is 10.9 Å². The van der Waals surface area contributed by atoms with Crippen LogP contribution < -0.4 is 21.3 Å². The topological polar surface area (TPSA) is 56.4 Å². The molecule has 0 aliphatic carbocycles. The molecule has 0 bridgehead atoms. The molecule has 2 aromatic carbocycles. The summed E-state index contributed by atoms with van der Waals surface area (Å²) in [5, 5.41) is 3.10. The Morgan fingerprint density at radius 2 is 1.93 bits per heavy atom. The molecule has 3 rings (SSSR count). The van der Waals surface area contributed by atoms with Gasteiger partial charge in [0.25, 0.3) is 5.91 Å². The van der Waals surface area contributed by atoms with Crippen molar-refractivity contribution < 1.29 is 4.79 Å². The molecule has 29 heavy (non-hydrogen) atoms. The van der Waals surface area contributed by atoms with Gasteiger partial charge in [0.15, 0.2) is 0 Å². The fraction of sp³-hybridized carbons (Fsp3) is 0.409. The van der Waals surface area contributed by atoms with Crippen LogP contribution in [0, 0.1) is 6.92 Å². The summed E-state index contributed by atoms with van der Waals surface area (Å²) in [6.45, 7) is 4.98. The molecule has 1 heterocycles. The summed E-state index contributed by atoms with van der Waals surface area (Å²) >= 11 is 12.5. The maximum absolute atomic E-state index is 12.7. The van der Waals surface area contributed by atoms with Crippen molar-refractivity contribution in [2.75, 3.05) is 11.6 Å². The first kappa shape index (κ1) is 21.9. The van der Waals surface area contributed by atoms with Crippen molar-refractivity contribution in [3.05, 3.63) is 63.6 Å². The van der Waals surface area contributed by atoms with Crippen molar-refractivity contribution >= 4 is 34.8 Å². The summed E-state index contributed by atoms with van der Waals surface area (Å²) in [4.78, 5) is 12.7. The fourth-order valence-electron chi connectivity index (χ4n) is 3.49. The lowest BCUT2D eigenvalue weighted by Crippen LogP contribution is -2.49. The highest BCUT2D eigenvalue weighted by Crippen LogP contribution is 2.38. The van der Waals surface area contributed by atoms with Gasteiger partial charge in [0, 0.05) is 11.6 Å². The summed E-state index contributed by atoms with van der Waals surface area (Å²) in [5.74, 6) is -0.0776. The van der Waals surface area contributed by atoms with Crippen molar-refractivity contribution in [3.63, 3.8) is 0 Å². The van der Waals surface area contributed by atoms with E-state index in [9.17, 15) is 4.79 Å². The standard InChI is InChI=1S/C22H28Cl2N4O/c1-3-4-5-12-25-26-22(29)19-14-21(16-8-6-15(2)7-9-16)28(27-19)20-11-10-17(23)13-18(20)24/h6-11,13,19,21,25,27H,3-5,12,14H2,1-2H3,(H,26,29). The zero-order valence-corrected chi connectivity index (χ0v) is 18.4. The average Bonchev–Trinajstić information content (AvgIpc) is 3.13. The number of amides is 1. The van der Waals surface area contributed by atoms with Crippen LogP contribution in [0.5, 0.6) is 0 Å². The van der Waals surface area contributed by atoms with E-state index >= 15 is 0 Å². The second-order valence-corrected chi connectivity index (χ2v) is 8.28. The van der Waals surface area contributed by atoms with E-state index in [0.717, 1.165) is 37.1 Å². The summed E-state index contributed by atoms with van der Waals surface area (Å²) in [7, 11) is 0. The van der Waals surface area contributed by atoms with Crippen LogP contribution in [0.3, 0.4) is 0 Å². The molecule has 0 radical (unpaired) electrons. The number of unbranched alkanes of at least 4 members (excludes halogenated alkanes) is 2. The molecule has 3 N–H and O–H groups in total. The van der Waals surface area contributed by atoms with Crippen LogP contribution in [0.1, 0.15) is 49.8 Å². The van der Waals surface area contributed by atoms with Crippen molar-refractivity contribution in [2.24, 2.45) is 0 Å². The van der Waals surface area contributed by atoms with E-state index in [1.54, 1.807) is 12.1 Å². The maximum atomic E-state index is 12.7. The lowest BCUT2D eigenvalue weighted by atomic mass is 9.99. The van der Waals surface area contributed by atoms with E-state index in [4.69, 9.17) is 23.2 Å². The Bertz CT molecular complexity index is 828. The molecular formula is C22H28Cl2N4O. The Morgan fingerprint density at radius 1 is 1.17 bits per heavy atom. The lowest BCUT2D eigenvalue weighted by Gasteiger charge is -2.27. The van der Waals surface area contributed by atoms with Gasteiger partial charge >= 0.3 is 0 Å². The van der Waals surface area contributed by atoms with Crippen LogP contribution in [0.25, 0.3) is 0 Å². The Labute approximate surface area is 182 Å². The summed E-state index contributed by atoms with van der Waals surface area (Å²) in [6.07, 6.45) is 3.95. The molecule has 2 unspecified atom stereocenters. The largest absolute Gasteiger partial charge is 0.299 e. The zero-order chi connectivity index (χ0) is 20.8. The van der Waals surface area contributed by atoms with Gasteiger partial charge in [-0.15, -0.1) is 0 Å². The molecule has 5 nitrogen and oxygen atoms in total. The molecule has 156 valence electrons. The minimum Gasteiger partial charge on any atom is -0.299 e. The number of rotatable bonds is 8. The van der Waals surface area contributed by atoms with Crippen molar-refractivity contribution in [3.8, 4) is 0 Å². The van der Waals surface area contributed by atoms with E-state index in [1.165, 1.54) is 5.56 Å². The highest BCUT2D eigenvalue weighted by molar-refractivity contribution is 6.36. The van der Waals surface area contributed by atoms with Crippen molar-refractivity contribution in [1.29, 1.82) is 0 Å². The highest BCUT2D eigenvalue weighted by atomic mass is 35.5. The van der Waals surface area contributed by atoms with E-state index in [-0.39, 0.29) is 18.0 Å². The van der Waals surface area contributed by atoms with Gasteiger partial charge in [-0.2, -0.15) is 0 Å². The molecule has 0 aromatic heterocycles. The van der Waals surface area contributed by atoms with E-state index in [1.807, 2.05) is 11.1 Å². The zero-order valence-electron chi connectivity index (χ0n) is 16.8. The minimum atomic E-state index is -0.369. The Hall–Kier alpha value is -1.79. The van der Waals surface area contributed by atoms with Crippen molar-refractivity contribution in [2.45, 2.75) is 51.6 Å². The number of aryl methyl sites for hydroxylation is 1. The second-order valence-electron chi connectivity index (χ2n) is 7.43. The molecular weight excluding hydrogens is 407 g/mol. The van der Waals surface area contributed by atoms with Gasteiger partial charge in [0.2, 0.25) is 0 Å². The Balaban J connectivity index is 1.77. The van der Waals surface area contributed by atoms with E-state index < -0.39 is 0 Å². The maximum Gasteiger partial charge on any atom is 0.253 e. The number of anilines is 1. The molecule has 0 saturated carbocycles. The Morgan fingerprint density at radius 3 is 2.62 bits per heavy atom. The molecule has 2 aromatic rings. The molecule has 2 atom stereocenters. The molecule has 1 saturated heterocycles. The van der Waals surface area contributed by atoms with Crippen LogP contribution in [0.15, 0.2) is 42.5 Å². The van der Waals surface area contributed by atoms with Crippen LogP contribution in [0.2, 0.25) is 10.0 Å². The summed E-state index contributed by atoms with van der Waals surface area (Å²) < 4.78 is 0. The minimum absolute atomic E-state index is 0.0230. The van der Waals surface area contributed by atoms with Crippen LogP contribution in [-0.2, 0) is 4.79 Å². The number of hydrogen-bond acceptors (Lipinski definition) is 4. The fourth-order valence-corrected chi connectivity index (χ4v) is 3.99. The van der Waals surface area contributed by atoms with Gasteiger partial charge in [0.05, 0.1) is 16.8 Å². The third-order valence-corrected chi connectivity index (χ3v) is 5.67. The number of benzene rings is 2. The van der Waals surface area contributed by atoms with Crippen molar-refractivity contribution in [1.82, 2.24) is 16.3 Å². The molecule has 1 aliphatic rings. The average molecular weight is 435 g/mol. The quantitative estimate of drug-likeness (QED) is 0.406. The number of nitrogens with one attached hydrogen (secondary N) is 3. The number of carbonyl (C=O) groups is 1. The van der Waals surface area contributed by atoms with Crippen LogP contribution in [-0.4, -0.2) is 18.5 Å². The number of hydrogen-bond donors (Lipinski definition) is 3. The molecule has 1 amide bonds. The predicted octanol–water partition coefficient (Wildman–Crippen LogP) is 4.94. The van der Waals surface area contributed by atoms with Gasteiger partial charge in [-0.3, -0.25) is 15.2 Å². The normalized spacial score (nSPS) is 18.8. The van der Waals surface area contributed by atoms with Gasteiger partial charge < -0.3 is 0 Å². The molecule has 1 fully saturated rings. The van der Waals surface area contributed by atoms with E-state index in [2.05, 4.69) is 54.4 Å². The third kappa shape index (κ3) is 5.64. The van der Waals surface area contributed by atoms with Gasteiger partial charge in [0.1, 0.15) is 6.04 Å². The first-order chi connectivity index (χ1) is 14.0. The van der Waals surface area contributed by atoms with Gasteiger partial charge in [-0.1, -0.05) is 72.8 Å². The summed E-state index contributed by atoms with van der Waals surface area (Å²) in [6, 6.07) is 13.4. The number of carbonyl (C=O) groups excluding carboxylic acids is 1. The van der Waals surface area contributed by atoms with Crippen LogP contribution in [0.4, 0.5) is 5.69 Å². The Kier molecular flexibility index (Phi) is 7.78. The highest BCUT2D eigenvalue weighted by Gasteiger charge is 2.37. The SMILES string of the molecule is CCCCCNNC(=O)C1CC(c2ccc(C)cc2)N(c2ccc(Cl)cc2Cl)N1. The predicted molar refractivity (Wildman–Crippen MR) is 120 cm³/mol. The number of nitrogens with zero attached hydrogens (tertiary/aromatic N) is 1. The third-order valence-electron chi connectivity index (χ3n) is 5.13. The number of halogens is 2. The lowest BCUT2D eigenvalue weighted by molar-refractivity contribution is -0.123. The number of hydrazine groups is 2. The first-order valence-corrected chi connectivity index (χ1v) is 10.8. The monoisotopic (exact) mass is 434 g/mol. The molecule has 7 heteroatoms. The summed E-state index contributed by atoms with van der Waals surface area (Å²) in [5.41, 5.74) is 12.3. The smallest absolute Gasteiger partial charge is 0.253 e. The molecule has 0 spiro atoms. The van der Waals surface area contributed by atoms with E-state index in [0.29, 0.717) is 16.5 Å².